The molecule has 0 aromatic carbocycles. The molecule has 0 aliphatic heterocycles. The molecule has 1 aliphatic rings. The van der Waals surface area contributed by atoms with E-state index in [1.807, 2.05) is 0 Å². The Labute approximate surface area is 127 Å². The van der Waals surface area contributed by atoms with Gasteiger partial charge in [-0.25, -0.2) is 4.98 Å². The summed E-state index contributed by atoms with van der Waals surface area (Å²) in [7, 11) is 0. The molecule has 0 radical (unpaired) electrons. The first-order chi connectivity index (χ1) is 9.47. The first-order valence-corrected chi connectivity index (χ1v) is 8.66. The minimum atomic E-state index is -0.00120. The zero-order valence-corrected chi connectivity index (χ0v) is 14.1. The second-order valence-corrected chi connectivity index (χ2v) is 7.82. The van der Waals surface area contributed by atoms with Crippen LogP contribution in [0.1, 0.15) is 70.4 Å². The first kappa shape index (κ1) is 15.8. The van der Waals surface area contributed by atoms with E-state index >= 15 is 0 Å². The maximum atomic E-state index is 9.61. The summed E-state index contributed by atoms with van der Waals surface area (Å²) < 4.78 is 0. The normalized spacial score (nSPS) is 17.4. The molecule has 1 heterocycles. The number of aliphatic hydroxyl groups is 1. The smallest absolute Gasteiger partial charge is 0.186 e. The number of aliphatic hydroxyl groups excluding tert-OH is 1. The SMILES string of the molecule is CCN(c1nc(C(C)(C)C)c(CO)s1)C1CCCCC1. The van der Waals surface area contributed by atoms with Crippen molar-refractivity contribution in [3.8, 4) is 0 Å². The molecular formula is C16H28N2OS. The molecule has 0 spiro atoms. The summed E-state index contributed by atoms with van der Waals surface area (Å²) in [5.41, 5.74) is 1.06. The third kappa shape index (κ3) is 3.34. The molecule has 114 valence electrons. The standard InChI is InChI=1S/C16H28N2OS/c1-5-18(12-9-7-6-8-10-12)15-17-14(16(2,3)4)13(11-19)20-15/h12,19H,5-11H2,1-4H3. The van der Waals surface area contributed by atoms with E-state index in [2.05, 4.69) is 32.6 Å². The highest BCUT2D eigenvalue weighted by Gasteiger charge is 2.27. The molecular weight excluding hydrogens is 268 g/mol. The number of hydrogen-bond acceptors (Lipinski definition) is 4. The van der Waals surface area contributed by atoms with Gasteiger partial charge in [0.2, 0.25) is 0 Å². The lowest BCUT2D eigenvalue weighted by atomic mass is 9.91. The predicted molar refractivity (Wildman–Crippen MR) is 86.6 cm³/mol. The fourth-order valence-corrected chi connectivity index (χ4v) is 4.36. The molecule has 1 N–H and O–H groups in total. The van der Waals surface area contributed by atoms with Crippen LogP contribution in [0.25, 0.3) is 0 Å². The number of anilines is 1. The van der Waals surface area contributed by atoms with Crippen LogP contribution in [-0.4, -0.2) is 22.7 Å². The number of hydrogen-bond donors (Lipinski definition) is 1. The van der Waals surface area contributed by atoms with E-state index in [-0.39, 0.29) is 12.0 Å². The fourth-order valence-electron chi connectivity index (χ4n) is 3.10. The summed E-state index contributed by atoms with van der Waals surface area (Å²) in [6.07, 6.45) is 6.62. The van der Waals surface area contributed by atoms with Gasteiger partial charge in [-0.3, -0.25) is 0 Å². The number of aromatic nitrogens is 1. The second-order valence-electron chi connectivity index (χ2n) is 6.75. The topological polar surface area (TPSA) is 36.4 Å². The van der Waals surface area contributed by atoms with Crippen LogP contribution < -0.4 is 4.90 Å². The van der Waals surface area contributed by atoms with Gasteiger partial charge in [0.25, 0.3) is 0 Å². The Balaban J connectivity index is 2.28. The highest BCUT2D eigenvalue weighted by Crippen LogP contribution is 2.36. The van der Waals surface area contributed by atoms with Crippen LogP contribution >= 0.6 is 11.3 Å². The first-order valence-electron chi connectivity index (χ1n) is 7.85. The largest absolute Gasteiger partial charge is 0.391 e. The lowest BCUT2D eigenvalue weighted by molar-refractivity contribution is 0.282. The number of nitrogens with zero attached hydrogens (tertiary/aromatic N) is 2. The van der Waals surface area contributed by atoms with Gasteiger partial charge in [0.1, 0.15) is 0 Å². The average Bonchev–Trinajstić information content (AvgIpc) is 2.85. The van der Waals surface area contributed by atoms with E-state index in [1.165, 1.54) is 32.1 Å². The number of thiazole rings is 1. The van der Waals surface area contributed by atoms with Crippen molar-refractivity contribution in [1.29, 1.82) is 0 Å². The van der Waals surface area contributed by atoms with Crippen LogP contribution in [0.15, 0.2) is 0 Å². The Hall–Kier alpha value is -0.610. The van der Waals surface area contributed by atoms with Crippen LogP contribution in [-0.2, 0) is 12.0 Å². The van der Waals surface area contributed by atoms with Crippen molar-refractivity contribution in [2.75, 3.05) is 11.4 Å². The molecule has 0 saturated heterocycles. The van der Waals surface area contributed by atoms with E-state index in [0.717, 1.165) is 22.2 Å². The van der Waals surface area contributed by atoms with Gasteiger partial charge in [-0.15, -0.1) is 0 Å². The highest BCUT2D eigenvalue weighted by atomic mass is 32.1. The molecule has 1 fully saturated rings. The summed E-state index contributed by atoms with van der Waals surface area (Å²) in [4.78, 5) is 8.37. The van der Waals surface area contributed by atoms with Crippen LogP contribution in [0, 0.1) is 0 Å². The molecule has 0 bridgehead atoms. The van der Waals surface area contributed by atoms with Gasteiger partial charge in [-0.1, -0.05) is 51.4 Å². The zero-order valence-electron chi connectivity index (χ0n) is 13.3. The maximum absolute atomic E-state index is 9.61. The van der Waals surface area contributed by atoms with E-state index in [1.54, 1.807) is 11.3 Å². The minimum absolute atomic E-state index is 0.00120. The second kappa shape index (κ2) is 6.44. The third-order valence-electron chi connectivity index (χ3n) is 4.14. The van der Waals surface area contributed by atoms with Crippen LogP contribution in [0.2, 0.25) is 0 Å². The lowest BCUT2D eigenvalue weighted by Gasteiger charge is -2.33. The molecule has 0 amide bonds. The van der Waals surface area contributed by atoms with Gasteiger partial charge in [-0.05, 0) is 19.8 Å². The van der Waals surface area contributed by atoms with Gasteiger partial charge in [0.15, 0.2) is 5.13 Å². The lowest BCUT2D eigenvalue weighted by Crippen LogP contribution is -2.36. The Morgan fingerprint density at radius 3 is 2.35 bits per heavy atom. The van der Waals surface area contributed by atoms with Crippen molar-refractivity contribution < 1.29 is 5.11 Å². The summed E-state index contributed by atoms with van der Waals surface area (Å²) in [6.45, 7) is 9.83. The Kier molecular flexibility index (Phi) is 5.08. The van der Waals surface area contributed by atoms with E-state index in [9.17, 15) is 5.11 Å². The molecule has 1 aromatic heterocycles. The molecule has 2 rings (SSSR count). The van der Waals surface area contributed by atoms with Gasteiger partial charge >= 0.3 is 0 Å². The molecule has 1 saturated carbocycles. The van der Waals surface area contributed by atoms with Gasteiger partial charge in [0, 0.05) is 18.0 Å². The summed E-state index contributed by atoms with van der Waals surface area (Å²) in [5, 5.41) is 10.7. The van der Waals surface area contributed by atoms with Crippen molar-refractivity contribution in [2.24, 2.45) is 0 Å². The predicted octanol–water partition coefficient (Wildman–Crippen LogP) is 4.09. The van der Waals surface area contributed by atoms with Gasteiger partial charge in [-0.2, -0.15) is 0 Å². The summed E-state index contributed by atoms with van der Waals surface area (Å²) in [5.74, 6) is 0. The maximum Gasteiger partial charge on any atom is 0.186 e. The van der Waals surface area contributed by atoms with E-state index in [0.29, 0.717) is 6.04 Å². The van der Waals surface area contributed by atoms with Gasteiger partial charge in [0.05, 0.1) is 17.2 Å². The third-order valence-corrected chi connectivity index (χ3v) is 5.22. The van der Waals surface area contributed by atoms with E-state index in [4.69, 9.17) is 4.98 Å². The summed E-state index contributed by atoms with van der Waals surface area (Å²) >= 11 is 1.68. The Morgan fingerprint density at radius 2 is 1.90 bits per heavy atom. The van der Waals surface area contributed by atoms with E-state index < -0.39 is 0 Å². The molecule has 1 aromatic rings. The molecule has 0 atom stereocenters. The average molecular weight is 296 g/mol. The van der Waals surface area contributed by atoms with Crippen LogP contribution in [0.3, 0.4) is 0 Å². The van der Waals surface area contributed by atoms with Crippen LogP contribution in [0.4, 0.5) is 5.13 Å². The van der Waals surface area contributed by atoms with Gasteiger partial charge < -0.3 is 10.0 Å². The molecule has 4 heteroatoms. The monoisotopic (exact) mass is 296 g/mol. The fraction of sp³-hybridized carbons (Fsp3) is 0.812. The van der Waals surface area contributed by atoms with Crippen molar-refractivity contribution in [1.82, 2.24) is 4.98 Å². The Bertz CT molecular complexity index is 430. The minimum Gasteiger partial charge on any atom is -0.391 e. The van der Waals surface area contributed by atoms with Crippen molar-refractivity contribution in [3.63, 3.8) is 0 Å². The van der Waals surface area contributed by atoms with Crippen molar-refractivity contribution >= 4 is 16.5 Å². The molecule has 1 aliphatic carbocycles. The molecule has 3 nitrogen and oxygen atoms in total. The Morgan fingerprint density at radius 1 is 1.25 bits per heavy atom. The van der Waals surface area contributed by atoms with Crippen molar-refractivity contribution in [2.45, 2.75) is 77.9 Å². The highest BCUT2D eigenvalue weighted by molar-refractivity contribution is 7.15. The summed E-state index contributed by atoms with van der Waals surface area (Å²) in [6, 6.07) is 0.638. The molecule has 20 heavy (non-hydrogen) atoms. The number of rotatable bonds is 4. The quantitative estimate of drug-likeness (QED) is 0.909. The zero-order chi connectivity index (χ0) is 14.8. The molecule has 0 unspecified atom stereocenters. The van der Waals surface area contributed by atoms with Crippen LogP contribution in [0.5, 0.6) is 0 Å². The van der Waals surface area contributed by atoms with Crippen molar-refractivity contribution in [3.05, 3.63) is 10.6 Å².